The van der Waals surface area contributed by atoms with Gasteiger partial charge in [0.2, 0.25) is 0 Å². The summed E-state index contributed by atoms with van der Waals surface area (Å²) in [6.07, 6.45) is 2.01. The van der Waals surface area contributed by atoms with Gasteiger partial charge in [-0.15, -0.1) is 0 Å². The van der Waals surface area contributed by atoms with Gasteiger partial charge in [-0.2, -0.15) is 8.42 Å². The van der Waals surface area contributed by atoms with Gasteiger partial charge in [-0.05, 0) is 19.3 Å². The molecule has 8 heavy (non-hydrogen) atoms. The second-order valence-electron chi connectivity index (χ2n) is 1.87. The molecule has 0 aromatic heterocycles. The normalized spacial score (nSPS) is 22.6. The molecule has 1 rings (SSSR count). The van der Waals surface area contributed by atoms with Crippen molar-refractivity contribution in [1.29, 1.82) is 0 Å². The predicted molar refractivity (Wildman–Crippen MR) is 28.6 cm³/mol. The van der Waals surface area contributed by atoms with Crippen molar-refractivity contribution in [2.24, 2.45) is 0 Å². The summed E-state index contributed by atoms with van der Waals surface area (Å²) in [5.41, 5.74) is 0. The summed E-state index contributed by atoms with van der Waals surface area (Å²) in [6, 6.07) is 0. The molecule has 0 amide bonds. The van der Waals surface area contributed by atoms with E-state index in [1.165, 1.54) is 0 Å². The summed E-state index contributed by atoms with van der Waals surface area (Å²) < 4.78 is 28.5. The highest BCUT2D eigenvalue weighted by atomic mass is 32.2. The van der Waals surface area contributed by atoms with Crippen molar-refractivity contribution in [3.8, 4) is 0 Å². The fourth-order valence-corrected chi connectivity index (χ4v) is 1.38. The topological polar surface area (TPSA) is 54.4 Å². The van der Waals surface area contributed by atoms with Crippen LogP contribution in [0.5, 0.6) is 0 Å². The maximum Gasteiger partial charge on any atom is 0.272 e. The Hall–Kier alpha value is -0.0900. The molecule has 0 aromatic rings. The number of hydrogen-bond donors (Lipinski definition) is 1. The molecule has 0 bridgehead atoms. The van der Waals surface area contributed by atoms with Gasteiger partial charge in [0, 0.05) is 0 Å². The molecule has 1 aliphatic rings. The first-order valence-corrected chi connectivity index (χ1v) is 3.87. The summed E-state index contributed by atoms with van der Waals surface area (Å²) in [7, 11) is -3.75. The molecule has 47 valence electrons. The van der Waals surface area contributed by atoms with E-state index < -0.39 is 10.1 Å². The van der Waals surface area contributed by atoms with Crippen LogP contribution in [0.25, 0.3) is 0 Å². The molecule has 0 aromatic carbocycles. The van der Waals surface area contributed by atoms with E-state index in [-0.39, 0.29) is 5.25 Å². The van der Waals surface area contributed by atoms with Gasteiger partial charge in [-0.25, -0.2) is 0 Å². The fourth-order valence-electron chi connectivity index (χ4n) is 0.579. The van der Waals surface area contributed by atoms with Gasteiger partial charge in [-0.1, -0.05) is 0 Å². The van der Waals surface area contributed by atoms with Gasteiger partial charge < -0.3 is 0 Å². The van der Waals surface area contributed by atoms with Crippen molar-refractivity contribution in [2.45, 2.75) is 19.3 Å². The van der Waals surface area contributed by atoms with E-state index in [0.717, 1.165) is 6.42 Å². The summed E-state index contributed by atoms with van der Waals surface area (Å²) in [4.78, 5) is 0. The molecule has 1 N–H and O–H groups in total. The Morgan fingerprint density at radius 1 is 1.38 bits per heavy atom. The third-order valence-electron chi connectivity index (χ3n) is 1.28. The van der Waals surface area contributed by atoms with Gasteiger partial charge in [0.15, 0.2) is 0 Å². The lowest BCUT2D eigenvalue weighted by atomic mass is 10.0. The lowest BCUT2D eigenvalue weighted by Gasteiger charge is -2.19. The quantitative estimate of drug-likeness (QED) is 0.535. The standard InChI is InChI=1S/C4H7O3S/c5-8(6,7)4-2-1-3-4/h1-3H2,(H,5,6,7). The molecule has 0 heterocycles. The number of hydrogen-bond acceptors (Lipinski definition) is 2. The molecule has 1 radical (unpaired) electrons. The largest absolute Gasteiger partial charge is 0.285 e. The van der Waals surface area contributed by atoms with Crippen LogP contribution in [-0.2, 0) is 10.1 Å². The highest BCUT2D eigenvalue weighted by molar-refractivity contribution is 7.88. The van der Waals surface area contributed by atoms with Crippen LogP contribution in [0.2, 0.25) is 0 Å². The molecule has 0 unspecified atom stereocenters. The molecule has 1 aliphatic carbocycles. The van der Waals surface area contributed by atoms with E-state index in [1.807, 2.05) is 0 Å². The first kappa shape index (κ1) is 6.04. The highest BCUT2D eigenvalue weighted by Crippen LogP contribution is 2.32. The molecule has 0 aliphatic heterocycles. The molecule has 1 fully saturated rings. The van der Waals surface area contributed by atoms with Crippen LogP contribution in [0, 0.1) is 5.25 Å². The van der Waals surface area contributed by atoms with Crippen molar-refractivity contribution in [3.63, 3.8) is 0 Å². The molecule has 1 saturated carbocycles. The van der Waals surface area contributed by atoms with Crippen LogP contribution in [-0.4, -0.2) is 13.0 Å². The van der Waals surface area contributed by atoms with E-state index >= 15 is 0 Å². The van der Waals surface area contributed by atoms with Gasteiger partial charge in [0.05, 0.1) is 0 Å². The summed E-state index contributed by atoms with van der Waals surface area (Å²) in [5, 5.41) is 0.289. The first-order chi connectivity index (χ1) is 3.61. The zero-order chi connectivity index (χ0) is 6.20. The van der Waals surface area contributed by atoms with Crippen molar-refractivity contribution >= 4 is 10.1 Å². The zero-order valence-corrected chi connectivity index (χ0v) is 5.11. The van der Waals surface area contributed by atoms with E-state index in [1.54, 1.807) is 0 Å². The molecular weight excluding hydrogens is 128 g/mol. The van der Waals surface area contributed by atoms with Gasteiger partial charge in [-0.3, -0.25) is 4.55 Å². The molecule has 3 nitrogen and oxygen atoms in total. The first-order valence-electron chi connectivity index (χ1n) is 2.43. The second-order valence-corrected chi connectivity index (χ2v) is 3.39. The minimum absolute atomic E-state index is 0.289. The summed E-state index contributed by atoms with van der Waals surface area (Å²) >= 11 is 0. The van der Waals surface area contributed by atoms with E-state index in [0.29, 0.717) is 12.8 Å². The average molecular weight is 135 g/mol. The van der Waals surface area contributed by atoms with Crippen LogP contribution in [0.15, 0.2) is 0 Å². The number of rotatable bonds is 1. The van der Waals surface area contributed by atoms with Gasteiger partial charge in [0.25, 0.3) is 10.1 Å². The third kappa shape index (κ3) is 1.00. The average Bonchev–Trinajstić information content (AvgIpc) is 1.16. The van der Waals surface area contributed by atoms with Gasteiger partial charge in [0.1, 0.15) is 5.25 Å². The molecule has 0 spiro atoms. The van der Waals surface area contributed by atoms with Crippen LogP contribution in [0.4, 0.5) is 0 Å². The Morgan fingerprint density at radius 2 is 1.88 bits per heavy atom. The second kappa shape index (κ2) is 1.70. The minimum atomic E-state index is -3.75. The van der Waals surface area contributed by atoms with Crippen LogP contribution in [0.3, 0.4) is 0 Å². The third-order valence-corrected chi connectivity index (χ3v) is 2.41. The predicted octanol–water partition coefficient (Wildman–Crippen LogP) is 0.590. The molecular formula is C4H7O3S. The zero-order valence-electron chi connectivity index (χ0n) is 4.29. The van der Waals surface area contributed by atoms with Crippen LogP contribution < -0.4 is 0 Å². The van der Waals surface area contributed by atoms with Crippen molar-refractivity contribution < 1.29 is 13.0 Å². The summed E-state index contributed by atoms with van der Waals surface area (Å²) in [5.74, 6) is 0. The fraction of sp³-hybridized carbons (Fsp3) is 0.750. The van der Waals surface area contributed by atoms with Crippen molar-refractivity contribution in [2.75, 3.05) is 0 Å². The lowest BCUT2D eigenvalue weighted by molar-refractivity contribution is 0.457. The monoisotopic (exact) mass is 135 g/mol. The molecule has 4 heteroatoms. The van der Waals surface area contributed by atoms with Gasteiger partial charge >= 0.3 is 0 Å². The van der Waals surface area contributed by atoms with Crippen LogP contribution >= 0.6 is 0 Å². The minimum Gasteiger partial charge on any atom is -0.285 e. The van der Waals surface area contributed by atoms with Crippen LogP contribution in [0.1, 0.15) is 19.3 Å². The molecule has 0 saturated heterocycles. The Bertz CT molecular complexity index is 166. The van der Waals surface area contributed by atoms with E-state index in [4.69, 9.17) is 4.55 Å². The van der Waals surface area contributed by atoms with E-state index in [2.05, 4.69) is 0 Å². The Kier molecular flexibility index (Phi) is 1.28. The SMILES string of the molecule is O=S(=O)(O)[C]1CCC1. The Labute approximate surface area is 48.5 Å². The maximum atomic E-state index is 10.1. The Balaban J connectivity index is 2.60. The molecule has 0 atom stereocenters. The highest BCUT2D eigenvalue weighted by Gasteiger charge is 2.30. The van der Waals surface area contributed by atoms with E-state index in [9.17, 15) is 8.42 Å². The van der Waals surface area contributed by atoms with Crippen molar-refractivity contribution in [1.82, 2.24) is 0 Å². The maximum absolute atomic E-state index is 10.1. The lowest BCUT2D eigenvalue weighted by Crippen LogP contribution is -2.18. The smallest absolute Gasteiger partial charge is 0.272 e. The summed E-state index contributed by atoms with van der Waals surface area (Å²) in [6.45, 7) is 0. The Morgan fingerprint density at radius 3 is 1.88 bits per heavy atom. The van der Waals surface area contributed by atoms with Crippen molar-refractivity contribution in [3.05, 3.63) is 5.25 Å².